The van der Waals surface area contributed by atoms with Crippen LogP contribution < -0.4 is 16.0 Å². The Balaban J connectivity index is 1.66. The summed E-state index contributed by atoms with van der Waals surface area (Å²) < 4.78 is 13.1. The van der Waals surface area contributed by atoms with Gasteiger partial charge in [-0.25, -0.2) is 9.36 Å². The van der Waals surface area contributed by atoms with E-state index in [9.17, 15) is 19.7 Å². The van der Waals surface area contributed by atoms with Gasteiger partial charge in [-0.1, -0.05) is 35.5 Å². The lowest BCUT2D eigenvalue weighted by molar-refractivity contribution is -0.396. The molecule has 166 valence electrons. The van der Waals surface area contributed by atoms with Crippen molar-refractivity contribution in [1.82, 2.24) is 24.3 Å². The molecular weight excluding hydrogens is 432 g/mol. The zero-order valence-electron chi connectivity index (χ0n) is 17.4. The first kappa shape index (κ1) is 20.2. The molecule has 0 aliphatic heterocycles. The van der Waals surface area contributed by atoms with Gasteiger partial charge in [-0.05, 0) is 26.7 Å². The van der Waals surface area contributed by atoms with Crippen LogP contribution in [0.5, 0.6) is 5.75 Å². The van der Waals surface area contributed by atoms with Crippen molar-refractivity contribution in [3.05, 3.63) is 79.2 Å². The first-order valence-corrected chi connectivity index (χ1v) is 9.74. The molecule has 33 heavy (non-hydrogen) atoms. The molecule has 0 amide bonds. The number of aryl methyl sites for hydroxylation is 1. The number of methoxy groups -OCH3 is 1. The molecule has 2 aromatic carbocycles. The first-order chi connectivity index (χ1) is 15.9. The molecule has 0 spiro atoms. The molecule has 0 saturated heterocycles. The van der Waals surface area contributed by atoms with Gasteiger partial charge in [0.1, 0.15) is 18.0 Å². The van der Waals surface area contributed by atoms with Gasteiger partial charge in [-0.3, -0.25) is 14.3 Å². The Morgan fingerprint density at radius 2 is 2.00 bits per heavy atom. The van der Waals surface area contributed by atoms with Crippen LogP contribution in [-0.4, -0.2) is 36.3 Å². The van der Waals surface area contributed by atoms with E-state index in [1.807, 2.05) is 36.4 Å². The lowest BCUT2D eigenvalue weighted by Gasteiger charge is -2.09. The van der Waals surface area contributed by atoms with E-state index >= 15 is 0 Å². The number of aromatic amines is 1. The molecule has 0 bridgehead atoms. The van der Waals surface area contributed by atoms with Crippen molar-refractivity contribution >= 4 is 27.9 Å². The second kappa shape index (κ2) is 7.44. The third-order valence-corrected chi connectivity index (χ3v) is 5.39. The minimum Gasteiger partial charge on any atom is -0.496 e. The number of nitro groups is 1. The number of benzene rings is 2. The van der Waals surface area contributed by atoms with Crippen molar-refractivity contribution in [3.8, 4) is 17.0 Å². The maximum Gasteiger partial charge on any atom is 0.437 e. The summed E-state index contributed by atoms with van der Waals surface area (Å²) in [5.41, 5.74) is -0.570. The number of nitrogens with zero attached hydrogens (tertiary/aromatic N) is 5. The number of aromatic nitrogens is 5. The van der Waals surface area contributed by atoms with Gasteiger partial charge in [0, 0.05) is 13.1 Å². The van der Waals surface area contributed by atoms with Gasteiger partial charge in [0.2, 0.25) is 5.52 Å². The Morgan fingerprint density at radius 1 is 1.21 bits per heavy atom. The molecule has 5 aromatic rings. The lowest BCUT2D eigenvalue weighted by atomic mass is 10.0. The van der Waals surface area contributed by atoms with Gasteiger partial charge < -0.3 is 19.4 Å². The molecule has 1 N–H and O–H groups in total. The summed E-state index contributed by atoms with van der Waals surface area (Å²) in [6.45, 7) is -0.200. The minimum absolute atomic E-state index is 0.106. The molecule has 12 nitrogen and oxygen atoms in total. The highest BCUT2D eigenvalue weighted by Crippen LogP contribution is 2.36. The number of imidazole rings is 1. The van der Waals surface area contributed by atoms with Crippen LogP contribution in [0, 0.1) is 10.1 Å². The zero-order chi connectivity index (χ0) is 23.3. The van der Waals surface area contributed by atoms with Crippen molar-refractivity contribution in [2.24, 2.45) is 7.05 Å². The van der Waals surface area contributed by atoms with Crippen molar-refractivity contribution in [2.45, 2.75) is 6.54 Å². The monoisotopic (exact) mass is 448 g/mol. The Labute approximate surface area is 183 Å². The van der Waals surface area contributed by atoms with Crippen molar-refractivity contribution < 1.29 is 14.2 Å². The molecule has 3 aromatic heterocycles. The van der Waals surface area contributed by atoms with E-state index in [1.165, 1.54) is 7.05 Å². The van der Waals surface area contributed by atoms with E-state index < -0.39 is 22.1 Å². The lowest BCUT2D eigenvalue weighted by Crippen LogP contribution is -2.29. The SMILES string of the molecule is COc1ccc2ccccc2c1-c1cc(Cn2c([N+](=O)[O-])nc3c2c(=O)[nH]c(=O)n3C)on1. The Kier molecular flexibility index (Phi) is 4.55. The molecular formula is C21H16N6O6. The molecule has 0 aliphatic rings. The summed E-state index contributed by atoms with van der Waals surface area (Å²) in [7, 11) is 2.91. The maximum absolute atomic E-state index is 12.4. The maximum atomic E-state index is 12.4. The molecule has 0 unspecified atom stereocenters. The van der Waals surface area contributed by atoms with E-state index in [2.05, 4.69) is 15.1 Å². The molecule has 0 saturated carbocycles. The smallest absolute Gasteiger partial charge is 0.437 e. The Hall–Kier alpha value is -4.74. The van der Waals surface area contributed by atoms with E-state index in [-0.39, 0.29) is 23.5 Å². The summed E-state index contributed by atoms with van der Waals surface area (Å²) >= 11 is 0. The highest BCUT2D eigenvalue weighted by atomic mass is 16.6. The standard InChI is InChI=1S/C21H16N6O6/c1-25-18-17(19(28)23-21(25)29)26(20(22-18)27(30)31)10-12-9-14(24-33-12)16-13-6-4-3-5-11(13)7-8-15(16)32-2/h3-9H,10H2,1-2H3,(H,23,28,29). The average Bonchev–Trinajstić information content (AvgIpc) is 3.42. The number of ether oxygens (including phenoxy) is 1. The Bertz CT molecular complexity index is 1670. The number of fused-ring (bicyclic) bond motifs is 2. The average molecular weight is 448 g/mol. The normalized spacial score (nSPS) is 11.3. The first-order valence-electron chi connectivity index (χ1n) is 9.74. The second-order valence-corrected chi connectivity index (χ2v) is 7.29. The highest BCUT2D eigenvalue weighted by Gasteiger charge is 2.28. The van der Waals surface area contributed by atoms with Gasteiger partial charge >= 0.3 is 11.6 Å². The van der Waals surface area contributed by atoms with Crippen molar-refractivity contribution in [3.63, 3.8) is 0 Å². The molecule has 0 radical (unpaired) electrons. The fourth-order valence-electron chi connectivity index (χ4n) is 3.86. The van der Waals surface area contributed by atoms with E-state index in [4.69, 9.17) is 9.26 Å². The fraction of sp³-hybridized carbons (Fsp3) is 0.143. The van der Waals surface area contributed by atoms with Crippen molar-refractivity contribution in [1.29, 1.82) is 0 Å². The van der Waals surface area contributed by atoms with E-state index in [1.54, 1.807) is 13.2 Å². The van der Waals surface area contributed by atoms with Crippen LogP contribution in [0.15, 0.2) is 56.6 Å². The van der Waals surface area contributed by atoms with Crippen LogP contribution >= 0.6 is 0 Å². The molecule has 3 heterocycles. The molecule has 12 heteroatoms. The summed E-state index contributed by atoms with van der Waals surface area (Å²) in [4.78, 5) is 41.2. The van der Waals surface area contributed by atoms with Gasteiger partial charge in [0.05, 0.1) is 12.7 Å². The number of hydrogen-bond acceptors (Lipinski definition) is 8. The fourth-order valence-corrected chi connectivity index (χ4v) is 3.86. The summed E-state index contributed by atoms with van der Waals surface area (Å²) in [5, 5.41) is 17.6. The predicted octanol–water partition coefficient (Wildman–Crippen LogP) is 2.20. The predicted molar refractivity (Wildman–Crippen MR) is 117 cm³/mol. The van der Waals surface area contributed by atoms with E-state index in [0.29, 0.717) is 17.0 Å². The van der Waals surface area contributed by atoms with Crippen molar-refractivity contribution in [2.75, 3.05) is 7.11 Å². The van der Waals surface area contributed by atoms with Gasteiger partial charge in [-0.15, -0.1) is 0 Å². The van der Waals surface area contributed by atoms with Gasteiger partial charge in [0.25, 0.3) is 11.2 Å². The Morgan fingerprint density at radius 3 is 2.76 bits per heavy atom. The summed E-state index contributed by atoms with van der Waals surface area (Å²) in [6, 6.07) is 13.1. The third kappa shape index (κ3) is 3.15. The van der Waals surface area contributed by atoms with Crippen LogP contribution in [0.4, 0.5) is 5.95 Å². The van der Waals surface area contributed by atoms with Crippen LogP contribution in [0.1, 0.15) is 5.76 Å². The quantitative estimate of drug-likeness (QED) is 0.317. The molecule has 0 atom stereocenters. The van der Waals surface area contributed by atoms with Gasteiger partial charge in [0.15, 0.2) is 5.76 Å². The summed E-state index contributed by atoms with van der Waals surface area (Å²) in [6.07, 6.45) is 0. The van der Waals surface area contributed by atoms with E-state index in [0.717, 1.165) is 19.9 Å². The number of rotatable bonds is 5. The number of H-pyrrole nitrogens is 1. The molecule has 0 aliphatic carbocycles. The zero-order valence-corrected chi connectivity index (χ0v) is 17.4. The van der Waals surface area contributed by atoms with Crippen LogP contribution in [0.2, 0.25) is 0 Å². The van der Waals surface area contributed by atoms with Gasteiger partial charge in [-0.2, -0.15) is 0 Å². The van der Waals surface area contributed by atoms with Crippen LogP contribution in [-0.2, 0) is 13.6 Å². The number of hydrogen-bond donors (Lipinski definition) is 1. The molecule has 0 fully saturated rings. The molecule has 5 rings (SSSR count). The third-order valence-electron chi connectivity index (χ3n) is 5.39. The number of nitrogens with one attached hydrogen (secondary N) is 1. The largest absolute Gasteiger partial charge is 0.496 e. The second-order valence-electron chi connectivity index (χ2n) is 7.29. The topological polar surface area (TPSA) is 151 Å². The highest BCUT2D eigenvalue weighted by molar-refractivity contribution is 5.98. The minimum atomic E-state index is -0.788. The van der Waals surface area contributed by atoms with Crippen LogP contribution in [0.25, 0.3) is 33.2 Å². The van der Waals surface area contributed by atoms with Crippen LogP contribution in [0.3, 0.4) is 0 Å². The summed E-state index contributed by atoms with van der Waals surface area (Å²) in [5.74, 6) is 0.229.